The van der Waals surface area contributed by atoms with Crippen molar-refractivity contribution in [2.75, 3.05) is 0 Å². The standard InChI is InChI=1S/C19H22ClFO/c1-12-10-15(21)8-9-16(12)18-11-17(13(2)22-18)19(20)14-6-4-3-5-7-14/h8-11,14,19H,3-7H2,1-2H3. The fourth-order valence-electron chi connectivity index (χ4n) is 3.49. The molecule has 1 heterocycles. The van der Waals surface area contributed by atoms with Gasteiger partial charge in [0.05, 0.1) is 5.38 Å². The Bertz CT molecular complexity index is 655. The molecule has 3 heteroatoms. The molecule has 0 aliphatic heterocycles. The second-order valence-corrected chi connectivity index (χ2v) is 6.85. The van der Waals surface area contributed by atoms with Crippen LogP contribution >= 0.6 is 11.6 Å². The van der Waals surface area contributed by atoms with Gasteiger partial charge in [-0.3, -0.25) is 0 Å². The van der Waals surface area contributed by atoms with Gasteiger partial charge in [0.1, 0.15) is 17.3 Å². The molecule has 22 heavy (non-hydrogen) atoms. The van der Waals surface area contributed by atoms with Crippen molar-refractivity contribution in [1.82, 2.24) is 0 Å². The molecule has 0 bridgehead atoms. The maximum Gasteiger partial charge on any atom is 0.134 e. The minimum absolute atomic E-state index is 0.0126. The zero-order valence-corrected chi connectivity index (χ0v) is 13.9. The maximum absolute atomic E-state index is 13.3. The summed E-state index contributed by atoms with van der Waals surface area (Å²) in [6.45, 7) is 3.87. The molecular formula is C19H22ClFO. The van der Waals surface area contributed by atoms with Gasteiger partial charge < -0.3 is 4.42 Å². The summed E-state index contributed by atoms with van der Waals surface area (Å²) in [7, 11) is 0. The summed E-state index contributed by atoms with van der Waals surface area (Å²) >= 11 is 6.74. The maximum atomic E-state index is 13.3. The van der Waals surface area contributed by atoms with E-state index in [1.54, 1.807) is 6.07 Å². The van der Waals surface area contributed by atoms with Crippen LogP contribution in [-0.2, 0) is 0 Å². The van der Waals surface area contributed by atoms with Crippen molar-refractivity contribution >= 4 is 11.6 Å². The first kappa shape index (κ1) is 15.6. The Balaban J connectivity index is 1.89. The van der Waals surface area contributed by atoms with Crippen LogP contribution in [0.2, 0.25) is 0 Å². The van der Waals surface area contributed by atoms with Crippen LogP contribution in [0.5, 0.6) is 0 Å². The molecule has 0 amide bonds. The van der Waals surface area contributed by atoms with E-state index >= 15 is 0 Å². The number of hydrogen-bond acceptors (Lipinski definition) is 1. The molecule has 1 saturated carbocycles. The molecule has 1 aromatic heterocycles. The lowest BCUT2D eigenvalue weighted by Crippen LogP contribution is -2.12. The lowest BCUT2D eigenvalue weighted by atomic mass is 9.84. The Kier molecular flexibility index (Phi) is 4.58. The fourth-order valence-corrected chi connectivity index (χ4v) is 3.96. The van der Waals surface area contributed by atoms with Crippen LogP contribution in [0.15, 0.2) is 28.7 Å². The van der Waals surface area contributed by atoms with Gasteiger partial charge in [0.15, 0.2) is 0 Å². The van der Waals surface area contributed by atoms with Gasteiger partial charge in [0, 0.05) is 11.1 Å². The minimum Gasteiger partial charge on any atom is -0.461 e. The third-order valence-electron chi connectivity index (χ3n) is 4.77. The highest BCUT2D eigenvalue weighted by atomic mass is 35.5. The van der Waals surface area contributed by atoms with Gasteiger partial charge in [0.2, 0.25) is 0 Å². The van der Waals surface area contributed by atoms with Crippen molar-refractivity contribution in [3.05, 3.63) is 47.0 Å². The number of furan rings is 1. The highest BCUT2D eigenvalue weighted by Crippen LogP contribution is 2.42. The summed E-state index contributed by atoms with van der Waals surface area (Å²) in [4.78, 5) is 0. The molecule has 0 N–H and O–H groups in total. The Morgan fingerprint density at radius 3 is 2.55 bits per heavy atom. The molecule has 1 nitrogen and oxygen atoms in total. The molecule has 0 saturated heterocycles. The molecule has 0 radical (unpaired) electrons. The van der Waals surface area contributed by atoms with E-state index in [1.807, 2.05) is 19.9 Å². The molecule has 2 aromatic rings. The van der Waals surface area contributed by atoms with Crippen LogP contribution in [0.3, 0.4) is 0 Å². The zero-order chi connectivity index (χ0) is 15.7. The fraction of sp³-hybridized carbons (Fsp3) is 0.474. The van der Waals surface area contributed by atoms with Gasteiger partial charge in [-0.15, -0.1) is 11.6 Å². The lowest BCUT2D eigenvalue weighted by Gasteiger charge is -2.25. The molecular weight excluding hydrogens is 299 g/mol. The first-order chi connectivity index (χ1) is 10.6. The average molecular weight is 321 g/mol. The van der Waals surface area contributed by atoms with E-state index in [0.29, 0.717) is 5.92 Å². The quantitative estimate of drug-likeness (QED) is 0.583. The largest absolute Gasteiger partial charge is 0.461 e. The van der Waals surface area contributed by atoms with Crippen LogP contribution in [0, 0.1) is 25.6 Å². The second kappa shape index (κ2) is 6.45. The average Bonchev–Trinajstić information content (AvgIpc) is 2.89. The summed E-state index contributed by atoms with van der Waals surface area (Å²) in [6, 6.07) is 6.82. The van der Waals surface area contributed by atoms with Gasteiger partial charge in [-0.05, 0) is 62.4 Å². The molecule has 0 spiro atoms. The van der Waals surface area contributed by atoms with Crippen molar-refractivity contribution in [1.29, 1.82) is 0 Å². The number of benzene rings is 1. The first-order valence-corrected chi connectivity index (χ1v) is 8.51. The SMILES string of the molecule is Cc1cc(F)ccc1-c1cc(C(Cl)C2CCCCC2)c(C)o1. The Morgan fingerprint density at radius 1 is 1.14 bits per heavy atom. The van der Waals surface area contributed by atoms with E-state index in [1.165, 1.54) is 44.2 Å². The highest BCUT2D eigenvalue weighted by molar-refractivity contribution is 6.21. The molecule has 3 rings (SSSR count). The van der Waals surface area contributed by atoms with Crippen molar-refractivity contribution in [3.8, 4) is 11.3 Å². The second-order valence-electron chi connectivity index (χ2n) is 6.38. The summed E-state index contributed by atoms with van der Waals surface area (Å²) in [5.74, 6) is 1.98. The molecule has 1 aliphatic rings. The van der Waals surface area contributed by atoms with Crippen molar-refractivity contribution in [3.63, 3.8) is 0 Å². The van der Waals surface area contributed by atoms with Gasteiger partial charge in [-0.1, -0.05) is 19.3 Å². The third kappa shape index (κ3) is 3.08. The normalized spacial score (nSPS) is 17.6. The molecule has 118 valence electrons. The Morgan fingerprint density at radius 2 is 1.86 bits per heavy atom. The van der Waals surface area contributed by atoms with Gasteiger partial charge in [-0.25, -0.2) is 4.39 Å². The number of halogens is 2. The molecule has 1 aliphatic carbocycles. The van der Waals surface area contributed by atoms with Crippen LogP contribution in [0.1, 0.15) is 54.4 Å². The van der Waals surface area contributed by atoms with Crippen molar-refractivity contribution in [2.24, 2.45) is 5.92 Å². The summed E-state index contributed by atoms with van der Waals surface area (Å²) < 4.78 is 19.2. The van der Waals surface area contributed by atoms with Crippen LogP contribution in [-0.4, -0.2) is 0 Å². The Hall–Kier alpha value is -1.28. The summed E-state index contributed by atoms with van der Waals surface area (Å²) in [6.07, 6.45) is 6.27. The first-order valence-electron chi connectivity index (χ1n) is 8.07. The van der Waals surface area contributed by atoms with Crippen LogP contribution in [0.25, 0.3) is 11.3 Å². The lowest BCUT2D eigenvalue weighted by molar-refractivity contribution is 0.346. The highest BCUT2D eigenvalue weighted by Gasteiger charge is 2.26. The number of alkyl halides is 1. The monoisotopic (exact) mass is 320 g/mol. The number of aryl methyl sites for hydroxylation is 2. The third-order valence-corrected chi connectivity index (χ3v) is 5.36. The molecule has 1 fully saturated rings. The minimum atomic E-state index is -0.220. The molecule has 1 aromatic carbocycles. The van der Waals surface area contributed by atoms with Crippen LogP contribution in [0.4, 0.5) is 4.39 Å². The van der Waals surface area contributed by atoms with Gasteiger partial charge in [-0.2, -0.15) is 0 Å². The Labute approximate surface area is 136 Å². The topological polar surface area (TPSA) is 13.1 Å². The molecule has 1 atom stereocenters. The predicted octanol–water partition coefficient (Wildman–Crippen LogP) is 6.56. The van der Waals surface area contributed by atoms with E-state index in [0.717, 1.165) is 28.2 Å². The van der Waals surface area contributed by atoms with E-state index in [2.05, 4.69) is 0 Å². The number of rotatable bonds is 3. The summed E-state index contributed by atoms with van der Waals surface area (Å²) in [5.41, 5.74) is 2.90. The van der Waals surface area contributed by atoms with Crippen molar-refractivity contribution in [2.45, 2.75) is 51.3 Å². The van der Waals surface area contributed by atoms with Crippen LogP contribution < -0.4 is 0 Å². The van der Waals surface area contributed by atoms with E-state index in [-0.39, 0.29) is 11.2 Å². The smallest absolute Gasteiger partial charge is 0.134 e. The summed E-state index contributed by atoms with van der Waals surface area (Å²) in [5, 5.41) is 0.0126. The zero-order valence-electron chi connectivity index (χ0n) is 13.2. The van der Waals surface area contributed by atoms with E-state index in [9.17, 15) is 4.39 Å². The predicted molar refractivity (Wildman–Crippen MR) is 88.7 cm³/mol. The van der Waals surface area contributed by atoms with E-state index in [4.69, 9.17) is 16.0 Å². The number of hydrogen-bond donors (Lipinski definition) is 0. The van der Waals surface area contributed by atoms with E-state index < -0.39 is 0 Å². The van der Waals surface area contributed by atoms with Gasteiger partial charge >= 0.3 is 0 Å². The van der Waals surface area contributed by atoms with Gasteiger partial charge in [0.25, 0.3) is 0 Å². The molecule has 1 unspecified atom stereocenters. The van der Waals surface area contributed by atoms with Crippen molar-refractivity contribution < 1.29 is 8.81 Å².